The van der Waals surface area contributed by atoms with Crippen molar-refractivity contribution in [3.05, 3.63) is 41.7 Å². The molecule has 1 heteroatoms. The first-order valence-corrected chi connectivity index (χ1v) is 6.21. The fraction of sp³-hybridized carbons (Fsp3) is 0.333. The normalized spacial score (nSPS) is 27.4. The van der Waals surface area contributed by atoms with Crippen LogP contribution in [-0.2, 0) is 0 Å². The van der Waals surface area contributed by atoms with Gasteiger partial charge in [0.05, 0.1) is 0 Å². The van der Waals surface area contributed by atoms with E-state index >= 15 is 0 Å². The van der Waals surface area contributed by atoms with E-state index in [1.54, 1.807) is 5.31 Å². The van der Waals surface area contributed by atoms with E-state index in [1.807, 2.05) is 0 Å². The standard InChI is InChI=1S/C12H15P/c1-10-8-9-11(2)13(10)12-6-4-3-5-7-12/h3-8,11H,9H2,1-2H3. The molecule has 1 aliphatic rings. The number of hydrogen-bond donors (Lipinski definition) is 0. The van der Waals surface area contributed by atoms with Gasteiger partial charge >= 0.3 is 0 Å². The third-order valence-corrected chi connectivity index (χ3v) is 5.50. The molecule has 0 saturated carbocycles. The van der Waals surface area contributed by atoms with E-state index < -0.39 is 0 Å². The van der Waals surface area contributed by atoms with E-state index in [-0.39, 0.29) is 7.92 Å². The molecule has 0 amide bonds. The molecular formula is C12H15P. The molecule has 0 N–H and O–H groups in total. The number of hydrogen-bond acceptors (Lipinski definition) is 0. The molecule has 0 saturated heterocycles. The molecular weight excluding hydrogens is 175 g/mol. The minimum atomic E-state index is -0.00154. The zero-order valence-corrected chi connectivity index (χ0v) is 9.09. The van der Waals surface area contributed by atoms with Crippen LogP contribution in [0.2, 0.25) is 0 Å². The fourth-order valence-electron chi connectivity index (χ4n) is 1.94. The maximum absolute atomic E-state index is 2.41. The molecule has 0 aliphatic carbocycles. The Morgan fingerprint density at radius 1 is 1.23 bits per heavy atom. The van der Waals surface area contributed by atoms with Gasteiger partial charge in [-0.1, -0.05) is 43.3 Å². The van der Waals surface area contributed by atoms with Gasteiger partial charge in [0.25, 0.3) is 0 Å². The first kappa shape index (κ1) is 8.97. The van der Waals surface area contributed by atoms with Crippen LogP contribution in [0.25, 0.3) is 0 Å². The van der Waals surface area contributed by atoms with Gasteiger partial charge in [0.2, 0.25) is 0 Å². The van der Waals surface area contributed by atoms with E-state index in [1.165, 1.54) is 11.7 Å². The van der Waals surface area contributed by atoms with Crippen LogP contribution in [0.1, 0.15) is 20.3 Å². The minimum Gasteiger partial charge on any atom is -0.0802 e. The van der Waals surface area contributed by atoms with Crippen molar-refractivity contribution in [1.82, 2.24) is 0 Å². The smallest absolute Gasteiger partial charge is 0.0126 e. The van der Waals surface area contributed by atoms with E-state index in [4.69, 9.17) is 0 Å². The second-order valence-electron chi connectivity index (χ2n) is 3.64. The van der Waals surface area contributed by atoms with Gasteiger partial charge < -0.3 is 0 Å². The maximum Gasteiger partial charge on any atom is -0.0126 e. The van der Waals surface area contributed by atoms with Crippen molar-refractivity contribution < 1.29 is 0 Å². The molecule has 0 nitrogen and oxygen atoms in total. The van der Waals surface area contributed by atoms with E-state index in [2.05, 4.69) is 50.3 Å². The van der Waals surface area contributed by atoms with Crippen LogP contribution in [-0.4, -0.2) is 5.66 Å². The summed E-state index contributed by atoms with van der Waals surface area (Å²) in [5.41, 5.74) is 0.845. The molecule has 1 heterocycles. The van der Waals surface area contributed by atoms with Crippen molar-refractivity contribution >= 4 is 13.2 Å². The Hall–Kier alpha value is -0.610. The molecule has 0 aromatic heterocycles. The van der Waals surface area contributed by atoms with E-state index in [0.29, 0.717) is 0 Å². The summed E-state index contributed by atoms with van der Waals surface area (Å²) < 4.78 is 0. The van der Waals surface area contributed by atoms with Gasteiger partial charge in [-0.05, 0) is 37.5 Å². The van der Waals surface area contributed by atoms with Gasteiger partial charge in [0.1, 0.15) is 0 Å². The summed E-state index contributed by atoms with van der Waals surface area (Å²) in [6, 6.07) is 10.9. The Morgan fingerprint density at radius 2 is 1.92 bits per heavy atom. The van der Waals surface area contributed by atoms with Gasteiger partial charge in [-0.15, -0.1) is 0 Å². The van der Waals surface area contributed by atoms with Gasteiger partial charge in [-0.2, -0.15) is 0 Å². The molecule has 0 radical (unpaired) electrons. The second kappa shape index (κ2) is 3.64. The van der Waals surface area contributed by atoms with Crippen LogP contribution in [0, 0.1) is 0 Å². The zero-order chi connectivity index (χ0) is 9.26. The molecule has 2 atom stereocenters. The van der Waals surface area contributed by atoms with Crippen molar-refractivity contribution in [1.29, 1.82) is 0 Å². The summed E-state index contributed by atoms with van der Waals surface area (Å²) in [6.07, 6.45) is 3.68. The van der Waals surface area contributed by atoms with E-state index in [9.17, 15) is 0 Å². The third kappa shape index (κ3) is 1.69. The zero-order valence-electron chi connectivity index (χ0n) is 8.20. The molecule has 1 aliphatic heterocycles. The monoisotopic (exact) mass is 190 g/mol. The number of benzene rings is 1. The highest BCUT2D eigenvalue weighted by molar-refractivity contribution is 7.70. The average Bonchev–Trinajstić information content (AvgIpc) is 2.48. The van der Waals surface area contributed by atoms with Crippen molar-refractivity contribution in [2.45, 2.75) is 25.9 Å². The van der Waals surface area contributed by atoms with Crippen LogP contribution in [0.5, 0.6) is 0 Å². The summed E-state index contributed by atoms with van der Waals surface area (Å²) in [5.74, 6) is 0. The quantitative estimate of drug-likeness (QED) is 0.594. The molecule has 0 bridgehead atoms. The second-order valence-corrected chi connectivity index (χ2v) is 6.48. The molecule has 1 aromatic rings. The van der Waals surface area contributed by atoms with Crippen molar-refractivity contribution in [2.24, 2.45) is 0 Å². The van der Waals surface area contributed by atoms with Gasteiger partial charge in [0, 0.05) is 0 Å². The lowest BCUT2D eigenvalue weighted by atomic mass is 10.3. The minimum absolute atomic E-state index is 0.00154. The highest BCUT2D eigenvalue weighted by atomic mass is 31.1. The van der Waals surface area contributed by atoms with Gasteiger partial charge in [-0.25, -0.2) is 0 Å². The van der Waals surface area contributed by atoms with Crippen LogP contribution in [0.15, 0.2) is 41.7 Å². The topological polar surface area (TPSA) is 0 Å². The maximum atomic E-state index is 2.41. The van der Waals surface area contributed by atoms with Crippen LogP contribution in [0.4, 0.5) is 0 Å². The Balaban J connectivity index is 2.31. The summed E-state index contributed by atoms with van der Waals surface area (Å²) in [6.45, 7) is 4.65. The molecule has 0 spiro atoms. The summed E-state index contributed by atoms with van der Waals surface area (Å²) in [4.78, 5) is 0. The van der Waals surface area contributed by atoms with Crippen LogP contribution < -0.4 is 5.30 Å². The third-order valence-electron chi connectivity index (χ3n) is 2.61. The van der Waals surface area contributed by atoms with Crippen molar-refractivity contribution in [3.63, 3.8) is 0 Å². The van der Waals surface area contributed by atoms with Crippen molar-refractivity contribution in [2.75, 3.05) is 0 Å². The van der Waals surface area contributed by atoms with E-state index in [0.717, 1.165) is 5.66 Å². The Kier molecular flexibility index (Phi) is 2.51. The highest BCUT2D eigenvalue weighted by Crippen LogP contribution is 2.53. The molecule has 0 fully saturated rings. The first-order valence-electron chi connectivity index (χ1n) is 4.80. The summed E-state index contributed by atoms with van der Waals surface area (Å²) >= 11 is 0. The molecule has 1 aromatic carbocycles. The van der Waals surface area contributed by atoms with Crippen LogP contribution >= 0.6 is 7.92 Å². The average molecular weight is 190 g/mol. The molecule has 68 valence electrons. The van der Waals surface area contributed by atoms with Gasteiger partial charge in [-0.3, -0.25) is 0 Å². The summed E-state index contributed by atoms with van der Waals surface area (Å²) in [7, 11) is -0.00154. The SMILES string of the molecule is CC1=CCC(C)P1c1ccccc1. The highest BCUT2D eigenvalue weighted by Gasteiger charge is 2.24. The lowest BCUT2D eigenvalue weighted by Crippen LogP contribution is -2.06. The first-order chi connectivity index (χ1) is 6.29. The Bertz CT molecular complexity index is 313. The lowest BCUT2D eigenvalue weighted by Gasteiger charge is -2.18. The predicted octanol–water partition coefficient (Wildman–Crippen LogP) is 3.49. The Labute approximate surface area is 81.4 Å². The molecule has 2 rings (SSSR count). The molecule has 13 heavy (non-hydrogen) atoms. The van der Waals surface area contributed by atoms with Gasteiger partial charge in [0.15, 0.2) is 0 Å². The lowest BCUT2D eigenvalue weighted by molar-refractivity contribution is 0.991. The van der Waals surface area contributed by atoms with Crippen molar-refractivity contribution in [3.8, 4) is 0 Å². The largest absolute Gasteiger partial charge is 0.0802 e. The predicted molar refractivity (Wildman–Crippen MR) is 60.8 cm³/mol. The number of allylic oxidation sites excluding steroid dienone is 2. The summed E-state index contributed by atoms with van der Waals surface area (Å²) in [5, 5.41) is 3.14. The number of rotatable bonds is 1. The molecule has 2 unspecified atom stereocenters. The Morgan fingerprint density at radius 3 is 2.46 bits per heavy atom. The van der Waals surface area contributed by atoms with Crippen LogP contribution in [0.3, 0.4) is 0 Å². The fourth-order valence-corrected chi connectivity index (χ4v) is 4.66.